The number of rotatable bonds is 8. The number of ether oxygens (including phenoxy) is 4. The second kappa shape index (κ2) is 10.1. The van der Waals surface area contributed by atoms with Gasteiger partial charge in [-0.1, -0.05) is 18.2 Å². The van der Waals surface area contributed by atoms with Gasteiger partial charge in [0, 0.05) is 17.2 Å². The van der Waals surface area contributed by atoms with Crippen LogP contribution in [0.4, 0.5) is 5.69 Å². The van der Waals surface area contributed by atoms with Crippen molar-refractivity contribution in [3.8, 4) is 23.0 Å². The van der Waals surface area contributed by atoms with Crippen LogP contribution >= 0.6 is 0 Å². The molecule has 1 aliphatic heterocycles. The van der Waals surface area contributed by atoms with E-state index in [2.05, 4.69) is 0 Å². The van der Waals surface area contributed by atoms with E-state index in [9.17, 15) is 14.9 Å². The molecule has 0 aliphatic carbocycles. The predicted molar refractivity (Wildman–Crippen MR) is 126 cm³/mol. The van der Waals surface area contributed by atoms with E-state index >= 15 is 0 Å². The molecule has 8 heteroatoms. The number of allylic oxidation sites excluding steroid dienone is 1. The van der Waals surface area contributed by atoms with Crippen molar-refractivity contribution >= 4 is 17.5 Å². The van der Waals surface area contributed by atoms with Gasteiger partial charge in [0.25, 0.3) is 0 Å². The van der Waals surface area contributed by atoms with E-state index in [1.54, 1.807) is 49.4 Å². The van der Waals surface area contributed by atoms with E-state index in [1.807, 2.05) is 12.1 Å². The maximum atomic E-state index is 12.7. The topological polar surface area (TPSA) is 97.1 Å². The van der Waals surface area contributed by atoms with Crippen molar-refractivity contribution in [2.75, 3.05) is 20.3 Å². The Kier molecular flexibility index (Phi) is 6.77. The van der Waals surface area contributed by atoms with Crippen molar-refractivity contribution in [2.45, 2.75) is 13.5 Å². The van der Waals surface area contributed by atoms with Crippen LogP contribution in [0.5, 0.6) is 23.0 Å². The van der Waals surface area contributed by atoms with E-state index < -0.39 is 4.92 Å². The molecule has 1 aliphatic rings. The molecule has 8 nitrogen and oxygen atoms in total. The Hall–Kier alpha value is -4.33. The Labute approximate surface area is 196 Å². The van der Waals surface area contributed by atoms with Gasteiger partial charge in [-0.3, -0.25) is 14.9 Å². The number of nitro benzene ring substituents is 1. The van der Waals surface area contributed by atoms with Gasteiger partial charge < -0.3 is 18.9 Å². The summed E-state index contributed by atoms with van der Waals surface area (Å²) in [6.07, 6.45) is 3.17. The SMILES string of the molecule is COc1ccc(/C=C/C(=O)c2ccc3c(c2)OCCO3)cc1COc1ccc(C)cc1[N+](=O)[O-]. The molecule has 0 bridgehead atoms. The molecule has 0 N–H and O–H groups in total. The predicted octanol–water partition coefficient (Wildman–Crippen LogP) is 5.16. The molecule has 0 unspecified atom stereocenters. The zero-order valence-corrected chi connectivity index (χ0v) is 18.8. The third-order valence-corrected chi connectivity index (χ3v) is 5.25. The summed E-state index contributed by atoms with van der Waals surface area (Å²) in [5, 5.41) is 11.4. The molecule has 0 saturated carbocycles. The van der Waals surface area contributed by atoms with Crippen molar-refractivity contribution in [2.24, 2.45) is 0 Å². The lowest BCUT2D eigenvalue weighted by molar-refractivity contribution is -0.386. The van der Waals surface area contributed by atoms with Crippen LogP contribution in [-0.4, -0.2) is 31.0 Å². The standard InChI is InChI=1S/C26H23NO7/c1-17-3-8-24(21(13-17)27(29)30)34-16-20-14-18(5-9-23(20)31-2)4-7-22(28)19-6-10-25-26(15-19)33-12-11-32-25/h3-10,13-15H,11-12,16H2,1-2H3/b7-4+. The van der Waals surface area contributed by atoms with Crippen LogP contribution in [0.15, 0.2) is 60.7 Å². The summed E-state index contributed by atoms with van der Waals surface area (Å²) in [4.78, 5) is 23.5. The molecule has 0 aromatic heterocycles. The summed E-state index contributed by atoms with van der Waals surface area (Å²) in [5.41, 5.74) is 2.60. The van der Waals surface area contributed by atoms with E-state index in [4.69, 9.17) is 18.9 Å². The van der Waals surface area contributed by atoms with E-state index in [0.717, 1.165) is 11.1 Å². The molecular formula is C26H23NO7. The molecule has 0 saturated heterocycles. The zero-order chi connectivity index (χ0) is 24.1. The van der Waals surface area contributed by atoms with Crippen molar-refractivity contribution in [3.63, 3.8) is 0 Å². The minimum Gasteiger partial charge on any atom is -0.496 e. The number of ketones is 1. The van der Waals surface area contributed by atoms with Crippen molar-refractivity contribution in [1.29, 1.82) is 0 Å². The number of aryl methyl sites for hydroxylation is 1. The molecule has 0 fully saturated rings. The smallest absolute Gasteiger partial charge is 0.311 e. The van der Waals surface area contributed by atoms with Crippen LogP contribution in [0.2, 0.25) is 0 Å². The van der Waals surface area contributed by atoms with Crippen LogP contribution in [0.25, 0.3) is 6.08 Å². The summed E-state index contributed by atoms with van der Waals surface area (Å²) < 4.78 is 22.2. The van der Waals surface area contributed by atoms with Gasteiger partial charge in [-0.05, 0) is 60.5 Å². The fourth-order valence-corrected chi connectivity index (χ4v) is 3.53. The van der Waals surface area contributed by atoms with Gasteiger partial charge in [0.05, 0.1) is 12.0 Å². The highest BCUT2D eigenvalue weighted by Crippen LogP contribution is 2.32. The molecule has 3 aromatic rings. The molecule has 0 radical (unpaired) electrons. The van der Waals surface area contributed by atoms with Gasteiger partial charge in [0.15, 0.2) is 23.0 Å². The number of methoxy groups -OCH3 is 1. The molecular weight excluding hydrogens is 438 g/mol. The van der Waals surface area contributed by atoms with Gasteiger partial charge in [0.2, 0.25) is 0 Å². The van der Waals surface area contributed by atoms with Crippen LogP contribution in [0, 0.1) is 17.0 Å². The lowest BCUT2D eigenvalue weighted by Crippen LogP contribution is -2.15. The number of fused-ring (bicyclic) bond motifs is 1. The van der Waals surface area contributed by atoms with Crippen LogP contribution in [0.1, 0.15) is 27.0 Å². The Morgan fingerprint density at radius 3 is 2.56 bits per heavy atom. The number of nitro groups is 1. The maximum absolute atomic E-state index is 12.7. The highest BCUT2D eigenvalue weighted by atomic mass is 16.6. The normalized spacial score (nSPS) is 12.4. The van der Waals surface area contributed by atoms with E-state index in [0.29, 0.717) is 41.6 Å². The monoisotopic (exact) mass is 461 g/mol. The second-order valence-electron chi connectivity index (χ2n) is 7.64. The number of carbonyl (C=O) groups is 1. The lowest BCUT2D eigenvalue weighted by Gasteiger charge is -2.18. The summed E-state index contributed by atoms with van der Waals surface area (Å²) in [5.74, 6) is 1.75. The van der Waals surface area contributed by atoms with Gasteiger partial charge >= 0.3 is 5.69 Å². The maximum Gasteiger partial charge on any atom is 0.311 e. The van der Waals surface area contributed by atoms with E-state index in [1.165, 1.54) is 19.3 Å². The number of nitrogens with zero attached hydrogens (tertiary/aromatic N) is 1. The molecule has 3 aromatic carbocycles. The summed E-state index contributed by atoms with van der Waals surface area (Å²) >= 11 is 0. The summed E-state index contributed by atoms with van der Waals surface area (Å²) in [6.45, 7) is 2.77. The van der Waals surface area contributed by atoms with E-state index in [-0.39, 0.29) is 23.8 Å². The molecule has 0 amide bonds. The first-order valence-corrected chi connectivity index (χ1v) is 10.6. The molecule has 34 heavy (non-hydrogen) atoms. The number of hydrogen-bond donors (Lipinski definition) is 0. The van der Waals surface area contributed by atoms with Crippen LogP contribution < -0.4 is 18.9 Å². The second-order valence-corrected chi connectivity index (χ2v) is 7.64. The Bertz CT molecular complexity index is 1270. The van der Waals surface area contributed by atoms with Gasteiger partial charge in [0.1, 0.15) is 25.6 Å². The first kappa shape index (κ1) is 22.8. The third-order valence-electron chi connectivity index (χ3n) is 5.25. The highest BCUT2D eigenvalue weighted by molar-refractivity contribution is 6.07. The number of benzene rings is 3. The van der Waals surface area contributed by atoms with Crippen LogP contribution in [0.3, 0.4) is 0 Å². The summed E-state index contributed by atoms with van der Waals surface area (Å²) in [7, 11) is 1.54. The Morgan fingerprint density at radius 1 is 1.03 bits per heavy atom. The minimum atomic E-state index is -0.470. The number of carbonyl (C=O) groups excluding carboxylic acids is 1. The number of hydrogen-bond acceptors (Lipinski definition) is 7. The molecule has 4 rings (SSSR count). The molecule has 0 atom stereocenters. The quantitative estimate of drug-likeness (QED) is 0.198. The fraction of sp³-hybridized carbons (Fsp3) is 0.192. The van der Waals surface area contributed by atoms with Gasteiger partial charge in [-0.25, -0.2) is 0 Å². The lowest BCUT2D eigenvalue weighted by atomic mass is 10.1. The Morgan fingerprint density at radius 2 is 1.79 bits per heavy atom. The van der Waals surface area contributed by atoms with Gasteiger partial charge in [-0.2, -0.15) is 0 Å². The average Bonchev–Trinajstić information content (AvgIpc) is 2.86. The third kappa shape index (κ3) is 5.17. The summed E-state index contributed by atoms with van der Waals surface area (Å²) in [6, 6.07) is 15.3. The van der Waals surface area contributed by atoms with Crippen LogP contribution in [-0.2, 0) is 6.61 Å². The molecule has 0 spiro atoms. The first-order valence-electron chi connectivity index (χ1n) is 10.6. The van der Waals surface area contributed by atoms with Crippen molar-refractivity contribution in [1.82, 2.24) is 0 Å². The first-order chi connectivity index (χ1) is 16.4. The highest BCUT2D eigenvalue weighted by Gasteiger charge is 2.17. The zero-order valence-electron chi connectivity index (χ0n) is 18.8. The molecule has 174 valence electrons. The minimum absolute atomic E-state index is 0.0604. The molecule has 1 heterocycles. The average molecular weight is 461 g/mol. The van der Waals surface area contributed by atoms with Crippen molar-refractivity contribution < 1.29 is 28.7 Å². The Balaban J connectivity index is 1.51. The largest absolute Gasteiger partial charge is 0.496 e. The van der Waals surface area contributed by atoms with Gasteiger partial charge in [-0.15, -0.1) is 0 Å². The fourth-order valence-electron chi connectivity index (χ4n) is 3.53. The van der Waals surface area contributed by atoms with Crippen molar-refractivity contribution in [3.05, 3.63) is 93.0 Å².